The van der Waals surface area contributed by atoms with Gasteiger partial charge in [-0.05, 0) is 75.4 Å². The van der Waals surface area contributed by atoms with Crippen LogP contribution in [0.5, 0.6) is 0 Å². The summed E-state index contributed by atoms with van der Waals surface area (Å²) in [5.74, 6) is -0.348. The molecule has 0 aliphatic carbocycles. The number of halogens is 2. The lowest BCUT2D eigenvalue weighted by molar-refractivity contribution is -0.121. The predicted octanol–water partition coefficient (Wildman–Crippen LogP) is 4.63. The fraction of sp³-hybridized carbons (Fsp3) is 0.263. The third kappa shape index (κ3) is 4.93. The zero-order valence-corrected chi connectivity index (χ0v) is 18.6. The Hall–Kier alpha value is -1.16. The molecule has 0 aliphatic heterocycles. The number of hydrogen-bond donors (Lipinski definition) is 1. The molecule has 0 heterocycles. The molecule has 0 bridgehead atoms. The number of likely N-dealkylation sites (N-methyl/N-ethyl adjacent to an activating group) is 1. The largest absolute Gasteiger partial charge is 0.329 e. The molecule has 2 amide bonds. The van der Waals surface area contributed by atoms with E-state index >= 15 is 0 Å². The number of rotatable bonds is 5. The van der Waals surface area contributed by atoms with Gasteiger partial charge in [0.05, 0.1) is 11.3 Å². The molecule has 0 fully saturated rings. The summed E-state index contributed by atoms with van der Waals surface area (Å²) >= 11 is 4.32. The molecule has 2 aromatic rings. The molecule has 2 aromatic carbocycles. The second-order valence-corrected chi connectivity index (χ2v) is 8.38. The van der Waals surface area contributed by atoms with Gasteiger partial charge in [0, 0.05) is 14.2 Å². The number of nitrogens with one attached hydrogen (secondary N) is 1. The second kappa shape index (κ2) is 8.98. The van der Waals surface area contributed by atoms with Gasteiger partial charge in [-0.3, -0.25) is 9.59 Å². The lowest BCUT2D eigenvalue weighted by Gasteiger charge is -2.30. The van der Waals surface area contributed by atoms with Crippen molar-refractivity contribution in [2.24, 2.45) is 5.92 Å². The maximum absolute atomic E-state index is 12.9. The van der Waals surface area contributed by atoms with Gasteiger partial charge in [-0.25, -0.2) is 0 Å². The maximum atomic E-state index is 12.9. The molecule has 1 N–H and O–H groups in total. The van der Waals surface area contributed by atoms with Gasteiger partial charge in [0.15, 0.2) is 0 Å². The molecule has 6 heteroatoms. The van der Waals surface area contributed by atoms with E-state index in [2.05, 4.69) is 50.5 Å². The monoisotopic (exact) mass is 562 g/mol. The first-order chi connectivity index (χ1) is 11.8. The molecule has 0 saturated carbocycles. The van der Waals surface area contributed by atoms with Crippen LogP contribution in [0.3, 0.4) is 0 Å². The van der Waals surface area contributed by atoms with Crippen LogP contribution in [0.25, 0.3) is 0 Å². The highest BCUT2D eigenvalue weighted by Crippen LogP contribution is 2.21. The van der Waals surface area contributed by atoms with Crippen LogP contribution in [-0.2, 0) is 4.79 Å². The maximum Gasteiger partial charge on any atom is 0.255 e. The number of nitrogens with zero attached hydrogens (tertiary/aromatic N) is 1. The molecule has 0 aliphatic rings. The van der Waals surface area contributed by atoms with Crippen LogP contribution >= 0.6 is 45.2 Å². The van der Waals surface area contributed by atoms with Crippen LogP contribution in [-0.4, -0.2) is 29.8 Å². The fourth-order valence-electron chi connectivity index (χ4n) is 2.65. The van der Waals surface area contributed by atoms with Crippen molar-refractivity contribution in [3.63, 3.8) is 0 Å². The van der Waals surface area contributed by atoms with Gasteiger partial charge in [0.1, 0.15) is 6.04 Å². The van der Waals surface area contributed by atoms with Crippen LogP contribution in [0.2, 0.25) is 0 Å². The van der Waals surface area contributed by atoms with Gasteiger partial charge < -0.3 is 10.2 Å². The Labute approximate surface area is 175 Å². The van der Waals surface area contributed by atoms with Crippen molar-refractivity contribution in [2.75, 3.05) is 12.4 Å². The molecule has 0 spiro atoms. The Bertz CT molecular complexity index is 778. The van der Waals surface area contributed by atoms with Crippen molar-refractivity contribution >= 4 is 62.7 Å². The van der Waals surface area contributed by atoms with Crippen LogP contribution in [0, 0.1) is 13.1 Å². The summed E-state index contributed by atoms with van der Waals surface area (Å²) in [7, 11) is 1.69. The Morgan fingerprint density at radius 1 is 0.960 bits per heavy atom. The molecule has 2 rings (SSSR count). The molecule has 4 nitrogen and oxygen atoms in total. The van der Waals surface area contributed by atoms with Crippen molar-refractivity contribution < 1.29 is 9.59 Å². The number of benzene rings is 2. The molecule has 0 radical (unpaired) electrons. The highest BCUT2D eigenvalue weighted by atomic mass is 127. The molecule has 1 atom stereocenters. The van der Waals surface area contributed by atoms with Crippen molar-refractivity contribution in [1.29, 1.82) is 0 Å². The molecular weight excluding hydrogens is 542 g/mol. The minimum Gasteiger partial charge on any atom is -0.329 e. The summed E-state index contributed by atoms with van der Waals surface area (Å²) in [5.41, 5.74) is 1.37. The Morgan fingerprint density at radius 3 is 2.08 bits per heavy atom. The summed E-state index contributed by atoms with van der Waals surface area (Å²) in [6, 6.07) is 14.4. The molecule has 0 aromatic heterocycles. The Balaban J connectivity index is 2.25. The zero-order chi connectivity index (χ0) is 18.6. The number of anilines is 1. The van der Waals surface area contributed by atoms with E-state index in [0.717, 1.165) is 12.8 Å². The average molecular weight is 562 g/mol. The number of amides is 2. The van der Waals surface area contributed by atoms with E-state index in [9.17, 15) is 9.59 Å². The van der Waals surface area contributed by atoms with Crippen LogP contribution < -0.4 is 5.32 Å². The average Bonchev–Trinajstić information content (AvgIpc) is 2.56. The van der Waals surface area contributed by atoms with E-state index in [4.69, 9.17) is 0 Å². The van der Waals surface area contributed by atoms with Crippen LogP contribution in [0.15, 0.2) is 48.5 Å². The standard InChI is InChI=1S/C19H20I2N2O2/c1-12(2)17(18(24)22-16-11-7-6-10-15(16)21)23(3)19(25)13-8-4-5-9-14(13)20/h4-12,17H,1-3H3,(H,22,24). The van der Waals surface area contributed by atoms with Gasteiger partial charge >= 0.3 is 0 Å². The van der Waals surface area contributed by atoms with Crippen molar-refractivity contribution in [3.8, 4) is 0 Å². The van der Waals surface area contributed by atoms with Gasteiger partial charge in [-0.2, -0.15) is 0 Å². The van der Waals surface area contributed by atoms with E-state index in [1.807, 2.05) is 56.3 Å². The quantitative estimate of drug-likeness (QED) is 0.541. The van der Waals surface area contributed by atoms with Gasteiger partial charge in [0.25, 0.3) is 5.91 Å². The van der Waals surface area contributed by atoms with E-state index in [-0.39, 0.29) is 17.7 Å². The third-order valence-corrected chi connectivity index (χ3v) is 5.76. The summed E-state index contributed by atoms with van der Waals surface area (Å²) in [4.78, 5) is 27.3. The smallest absolute Gasteiger partial charge is 0.255 e. The number of carbonyl (C=O) groups is 2. The molecule has 0 saturated heterocycles. The lowest BCUT2D eigenvalue weighted by Crippen LogP contribution is -2.48. The van der Waals surface area contributed by atoms with E-state index in [1.54, 1.807) is 13.1 Å². The molecule has 1 unspecified atom stereocenters. The molecular formula is C19H20I2N2O2. The van der Waals surface area contributed by atoms with Crippen molar-refractivity contribution in [3.05, 3.63) is 61.2 Å². The Morgan fingerprint density at radius 2 is 1.52 bits per heavy atom. The summed E-state index contributed by atoms with van der Waals surface area (Å²) in [6.45, 7) is 3.89. The fourth-order valence-corrected chi connectivity index (χ4v) is 3.79. The first kappa shape index (κ1) is 20.2. The number of hydrogen-bond acceptors (Lipinski definition) is 2. The minimum absolute atomic E-state index is 0.0169. The Kier molecular flexibility index (Phi) is 7.24. The summed E-state index contributed by atoms with van der Waals surface area (Å²) in [6.07, 6.45) is 0. The highest BCUT2D eigenvalue weighted by Gasteiger charge is 2.31. The van der Waals surface area contributed by atoms with Gasteiger partial charge in [-0.1, -0.05) is 38.1 Å². The topological polar surface area (TPSA) is 49.4 Å². The van der Waals surface area contributed by atoms with Gasteiger partial charge in [0.2, 0.25) is 5.91 Å². The summed E-state index contributed by atoms with van der Waals surface area (Å²) < 4.78 is 1.83. The van der Waals surface area contributed by atoms with E-state index in [0.29, 0.717) is 5.56 Å². The molecule has 132 valence electrons. The molecule has 25 heavy (non-hydrogen) atoms. The van der Waals surface area contributed by atoms with E-state index in [1.165, 1.54) is 4.90 Å². The first-order valence-corrected chi connectivity index (χ1v) is 10.1. The number of para-hydroxylation sites is 1. The minimum atomic E-state index is -0.556. The van der Waals surface area contributed by atoms with E-state index < -0.39 is 6.04 Å². The third-order valence-electron chi connectivity index (χ3n) is 3.87. The normalized spacial score (nSPS) is 11.9. The highest BCUT2D eigenvalue weighted by molar-refractivity contribution is 14.1. The van der Waals surface area contributed by atoms with Gasteiger partial charge in [-0.15, -0.1) is 0 Å². The zero-order valence-electron chi connectivity index (χ0n) is 14.3. The predicted molar refractivity (Wildman–Crippen MR) is 118 cm³/mol. The first-order valence-electron chi connectivity index (χ1n) is 7.90. The summed E-state index contributed by atoms with van der Waals surface area (Å²) in [5, 5.41) is 2.95. The lowest BCUT2D eigenvalue weighted by atomic mass is 10.0. The van der Waals surface area contributed by atoms with Crippen LogP contribution in [0.1, 0.15) is 24.2 Å². The second-order valence-electron chi connectivity index (χ2n) is 6.05. The van der Waals surface area contributed by atoms with Crippen molar-refractivity contribution in [1.82, 2.24) is 4.90 Å². The van der Waals surface area contributed by atoms with Crippen molar-refractivity contribution in [2.45, 2.75) is 19.9 Å². The SMILES string of the molecule is CC(C)C(C(=O)Nc1ccccc1I)N(C)C(=O)c1ccccc1I. The number of carbonyl (C=O) groups excluding carboxylic acids is 2. The van der Waals surface area contributed by atoms with Crippen LogP contribution in [0.4, 0.5) is 5.69 Å².